The largest absolute Gasteiger partial charge is 0.469 e. The van der Waals surface area contributed by atoms with Crippen molar-refractivity contribution >= 4 is 35.9 Å². The number of benzene rings is 1. The third-order valence-corrected chi connectivity index (χ3v) is 6.35. The molecular formula is C24H39IN4O2. The first kappa shape index (κ1) is 25.9. The minimum Gasteiger partial charge on any atom is -0.469 e. The van der Waals surface area contributed by atoms with Crippen molar-refractivity contribution in [1.29, 1.82) is 0 Å². The van der Waals surface area contributed by atoms with Crippen molar-refractivity contribution in [3.8, 4) is 0 Å². The molecule has 0 atom stereocenters. The average molecular weight is 543 g/mol. The van der Waals surface area contributed by atoms with E-state index in [9.17, 15) is 4.79 Å². The van der Waals surface area contributed by atoms with E-state index in [1.807, 2.05) is 0 Å². The summed E-state index contributed by atoms with van der Waals surface area (Å²) in [6.45, 7) is 11.1. The first-order valence-electron chi connectivity index (χ1n) is 11.5. The lowest BCUT2D eigenvalue weighted by Crippen LogP contribution is -2.46. The topological polar surface area (TPSA) is 57.2 Å². The molecule has 0 radical (unpaired) electrons. The Bertz CT molecular complexity index is 711. The number of guanidine groups is 1. The zero-order valence-electron chi connectivity index (χ0n) is 19.3. The number of hydrogen-bond donors (Lipinski definition) is 1. The number of nitrogens with one attached hydrogen (secondary N) is 1. The predicted molar refractivity (Wildman–Crippen MR) is 137 cm³/mol. The van der Waals surface area contributed by atoms with Gasteiger partial charge in [0.25, 0.3) is 0 Å². The van der Waals surface area contributed by atoms with E-state index in [0.717, 1.165) is 50.9 Å². The van der Waals surface area contributed by atoms with Crippen molar-refractivity contribution < 1.29 is 9.53 Å². The van der Waals surface area contributed by atoms with Crippen LogP contribution < -0.4 is 5.32 Å². The van der Waals surface area contributed by atoms with Crippen molar-refractivity contribution in [2.75, 3.05) is 39.8 Å². The number of methoxy groups -OCH3 is 1. The molecule has 0 spiro atoms. The Morgan fingerprint density at radius 2 is 1.81 bits per heavy atom. The molecule has 2 aliphatic heterocycles. The maximum atomic E-state index is 11.8. The first-order chi connectivity index (χ1) is 14.6. The van der Waals surface area contributed by atoms with E-state index in [-0.39, 0.29) is 35.9 Å². The van der Waals surface area contributed by atoms with Crippen molar-refractivity contribution in [2.24, 2.45) is 16.8 Å². The molecule has 7 heteroatoms. The molecule has 0 aliphatic carbocycles. The molecule has 2 saturated heterocycles. The van der Waals surface area contributed by atoms with E-state index in [1.54, 1.807) is 0 Å². The molecule has 0 bridgehead atoms. The number of halogens is 1. The molecule has 3 rings (SSSR count). The lowest BCUT2D eigenvalue weighted by atomic mass is 9.97. The molecule has 2 fully saturated rings. The van der Waals surface area contributed by atoms with Crippen LogP contribution in [0.25, 0.3) is 0 Å². The molecule has 0 aromatic heterocycles. The van der Waals surface area contributed by atoms with E-state index in [4.69, 9.17) is 9.73 Å². The van der Waals surface area contributed by atoms with Gasteiger partial charge in [-0.15, -0.1) is 24.0 Å². The molecule has 1 N–H and O–H groups in total. The maximum absolute atomic E-state index is 11.8. The second-order valence-electron chi connectivity index (χ2n) is 8.73. The zero-order valence-corrected chi connectivity index (χ0v) is 21.6. The van der Waals surface area contributed by atoms with Gasteiger partial charge in [-0.25, -0.2) is 4.99 Å². The second-order valence-corrected chi connectivity index (χ2v) is 8.73. The fourth-order valence-corrected chi connectivity index (χ4v) is 4.39. The Morgan fingerprint density at radius 3 is 2.45 bits per heavy atom. The highest BCUT2D eigenvalue weighted by molar-refractivity contribution is 14.0. The molecule has 0 amide bonds. The summed E-state index contributed by atoms with van der Waals surface area (Å²) < 4.78 is 4.90. The number of aliphatic imine (C=N–C) groups is 1. The Balaban J connectivity index is 0.00000341. The molecule has 6 nitrogen and oxygen atoms in total. The quantitative estimate of drug-likeness (QED) is 0.256. The van der Waals surface area contributed by atoms with Gasteiger partial charge in [-0.1, -0.05) is 31.2 Å². The first-order valence-corrected chi connectivity index (χ1v) is 11.5. The van der Waals surface area contributed by atoms with Gasteiger partial charge in [-0.3, -0.25) is 9.69 Å². The van der Waals surface area contributed by atoms with Gasteiger partial charge in [0.05, 0.1) is 19.6 Å². The molecule has 1 aromatic rings. The summed E-state index contributed by atoms with van der Waals surface area (Å²) in [6, 6.07) is 8.85. The van der Waals surface area contributed by atoms with Crippen LogP contribution in [0.15, 0.2) is 29.3 Å². The third-order valence-electron chi connectivity index (χ3n) is 6.35. The van der Waals surface area contributed by atoms with Gasteiger partial charge in [0, 0.05) is 26.2 Å². The van der Waals surface area contributed by atoms with Gasteiger partial charge in [-0.2, -0.15) is 0 Å². The number of carbonyl (C=O) groups is 1. The molecular weight excluding hydrogens is 503 g/mol. The van der Waals surface area contributed by atoms with Gasteiger partial charge in [0.15, 0.2) is 5.96 Å². The predicted octanol–water partition coefficient (Wildman–Crippen LogP) is 3.89. The molecule has 0 unspecified atom stereocenters. The zero-order chi connectivity index (χ0) is 21.3. The lowest BCUT2D eigenvalue weighted by Gasteiger charge is -2.33. The SMILES string of the molecule is CCNC(=NCc1cccc(CN2CCC(C)CC2)c1)N1CCC(C(=O)OC)CC1.I. The summed E-state index contributed by atoms with van der Waals surface area (Å²) in [5.41, 5.74) is 2.62. The average Bonchev–Trinajstić information content (AvgIpc) is 2.78. The van der Waals surface area contributed by atoms with Crippen LogP contribution >= 0.6 is 24.0 Å². The van der Waals surface area contributed by atoms with Crippen molar-refractivity contribution in [3.05, 3.63) is 35.4 Å². The van der Waals surface area contributed by atoms with E-state index in [2.05, 4.69) is 53.2 Å². The Kier molecular flexibility index (Phi) is 11.1. The standard InChI is InChI=1S/C24H38N4O2.HI/c1-4-25-24(28-14-10-22(11-15-28)23(29)30-3)26-17-20-6-5-7-21(16-20)18-27-12-8-19(2)9-13-27;/h5-7,16,19,22H,4,8-15,17-18H2,1-3H3,(H,25,26);1H. The summed E-state index contributed by atoms with van der Waals surface area (Å²) in [5, 5.41) is 3.42. The van der Waals surface area contributed by atoms with E-state index in [1.165, 1.54) is 44.2 Å². The summed E-state index contributed by atoms with van der Waals surface area (Å²) in [5.74, 6) is 1.74. The minimum absolute atomic E-state index is 0. The third kappa shape index (κ3) is 7.93. The molecule has 2 heterocycles. The maximum Gasteiger partial charge on any atom is 0.308 e. The number of piperidine rings is 2. The number of ether oxygens (including phenoxy) is 1. The summed E-state index contributed by atoms with van der Waals surface area (Å²) in [4.78, 5) is 21.5. The van der Waals surface area contributed by atoms with Crippen LogP contribution in [0.4, 0.5) is 0 Å². The van der Waals surface area contributed by atoms with E-state index in [0.29, 0.717) is 6.54 Å². The van der Waals surface area contributed by atoms with Gasteiger partial charge in [0.2, 0.25) is 0 Å². The van der Waals surface area contributed by atoms with E-state index < -0.39 is 0 Å². The summed E-state index contributed by atoms with van der Waals surface area (Å²) in [7, 11) is 1.47. The van der Waals surface area contributed by atoms with Crippen molar-refractivity contribution in [2.45, 2.75) is 52.6 Å². The monoisotopic (exact) mass is 542 g/mol. The van der Waals surface area contributed by atoms with Crippen molar-refractivity contribution in [3.63, 3.8) is 0 Å². The van der Waals surface area contributed by atoms with Crippen LogP contribution in [0.5, 0.6) is 0 Å². The van der Waals surface area contributed by atoms with Crippen LogP contribution in [0.2, 0.25) is 0 Å². The Hall–Kier alpha value is -1.35. The number of likely N-dealkylation sites (tertiary alicyclic amines) is 2. The number of esters is 1. The smallest absolute Gasteiger partial charge is 0.308 e. The number of hydrogen-bond acceptors (Lipinski definition) is 4. The highest BCUT2D eigenvalue weighted by Crippen LogP contribution is 2.20. The number of rotatable bonds is 6. The lowest BCUT2D eigenvalue weighted by molar-refractivity contribution is -0.146. The van der Waals surface area contributed by atoms with Gasteiger partial charge >= 0.3 is 5.97 Å². The van der Waals surface area contributed by atoms with Gasteiger partial charge in [0.1, 0.15) is 0 Å². The summed E-state index contributed by atoms with van der Waals surface area (Å²) >= 11 is 0. The molecule has 174 valence electrons. The van der Waals surface area contributed by atoms with Crippen LogP contribution in [-0.4, -0.2) is 61.6 Å². The van der Waals surface area contributed by atoms with Gasteiger partial charge < -0.3 is 15.0 Å². The van der Waals surface area contributed by atoms with Crippen molar-refractivity contribution in [1.82, 2.24) is 15.1 Å². The Labute approximate surface area is 204 Å². The molecule has 0 saturated carbocycles. The fraction of sp³-hybridized carbons (Fsp3) is 0.667. The number of carbonyl (C=O) groups excluding carboxylic acids is 1. The fourth-order valence-electron chi connectivity index (χ4n) is 4.39. The molecule has 1 aromatic carbocycles. The van der Waals surface area contributed by atoms with Crippen LogP contribution in [0, 0.1) is 11.8 Å². The van der Waals surface area contributed by atoms with Crippen LogP contribution in [-0.2, 0) is 22.6 Å². The minimum atomic E-state index is -0.0865. The Morgan fingerprint density at radius 1 is 1.13 bits per heavy atom. The van der Waals surface area contributed by atoms with Gasteiger partial charge in [-0.05, 0) is 62.7 Å². The molecule has 2 aliphatic rings. The highest BCUT2D eigenvalue weighted by atomic mass is 127. The highest BCUT2D eigenvalue weighted by Gasteiger charge is 2.27. The normalized spacial score (nSPS) is 19.1. The summed E-state index contributed by atoms with van der Waals surface area (Å²) in [6.07, 6.45) is 4.26. The van der Waals surface area contributed by atoms with Crippen LogP contribution in [0.1, 0.15) is 50.7 Å². The second kappa shape index (κ2) is 13.3. The molecule has 31 heavy (non-hydrogen) atoms. The van der Waals surface area contributed by atoms with Crippen LogP contribution in [0.3, 0.4) is 0 Å². The number of nitrogens with zero attached hydrogens (tertiary/aromatic N) is 3. The van der Waals surface area contributed by atoms with E-state index >= 15 is 0 Å².